The fourth-order valence-corrected chi connectivity index (χ4v) is 1.77. The van der Waals surface area contributed by atoms with Gasteiger partial charge in [0, 0.05) is 12.6 Å². The van der Waals surface area contributed by atoms with E-state index < -0.39 is 0 Å². The first-order valence-electron chi connectivity index (χ1n) is 5.13. The zero-order chi connectivity index (χ0) is 10.9. The fourth-order valence-electron chi connectivity index (χ4n) is 1.23. The van der Waals surface area contributed by atoms with Crippen molar-refractivity contribution in [2.45, 2.75) is 19.4 Å². The number of hydrogen-bond donors (Lipinski definition) is 1. The van der Waals surface area contributed by atoms with Crippen molar-refractivity contribution in [1.29, 1.82) is 0 Å². The first-order chi connectivity index (χ1) is 7.36. The molecule has 0 aliphatic heterocycles. The number of alkyl halides is 1. The van der Waals surface area contributed by atoms with Crippen LogP contribution in [0, 0.1) is 0 Å². The molecule has 0 spiro atoms. The molecule has 1 heterocycles. The van der Waals surface area contributed by atoms with E-state index in [0.29, 0.717) is 5.88 Å². The zero-order valence-corrected chi connectivity index (χ0v) is 11.2. The van der Waals surface area contributed by atoms with Gasteiger partial charge in [-0.15, -0.1) is 0 Å². The SMILES string of the molecule is COc1cccc(CNCCCCI)n1. The Balaban J connectivity index is 2.24. The summed E-state index contributed by atoms with van der Waals surface area (Å²) in [5.74, 6) is 0.682. The van der Waals surface area contributed by atoms with Crippen molar-refractivity contribution in [3.05, 3.63) is 23.9 Å². The van der Waals surface area contributed by atoms with Gasteiger partial charge in [0.25, 0.3) is 0 Å². The molecule has 0 saturated carbocycles. The molecule has 0 aliphatic carbocycles. The van der Waals surface area contributed by atoms with Crippen LogP contribution in [0.5, 0.6) is 5.88 Å². The van der Waals surface area contributed by atoms with Gasteiger partial charge in [0.05, 0.1) is 12.8 Å². The first kappa shape index (κ1) is 12.7. The number of rotatable bonds is 7. The molecule has 0 aromatic carbocycles. The second-order valence-electron chi connectivity index (χ2n) is 3.24. The van der Waals surface area contributed by atoms with E-state index >= 15 is 0 Å². The third-order valence-electron chi connectivity index (χ3n) is 2.03. The summed E-state index contributed by atoms with van der Waals surface area (Å²) in [6, 6.07) is 5.83. The molecule has 1 aromatic rings. The Morgan fingerprint density at radius 2 is 2.27 bits per heavy atom. The van der Waals surface area contributed by atoms with Crippen LogP contribution < -0.4 is 10.1 Å². The fraction of sp³-hybridized carbons (Fsp3) is 0.545. The zero-order valence-electron chi connectivity index (χ0n) is 9.00. The van der Waals surface area contributed by atoms with Crippen LogP contribution in [-0.2, 0) is 6.54 Å². The van der Waals surface area contributed by atoms with E-state index in [1.165, 1.54) is 17.3 Å². The smallest absolute Gasteiger partial charge is 0.213 e. The third-order valence-corrected chi connectivity index (χ3v) is 2.80. The first-order valence-corrected chi connectivity index (χ1v) is 6.66. The summed E-state index contributed by atoms with van der Waals surface area (Å²) in [7, 11) is 1.64. The average molecular weight is 320 g/mol. The molecule has 0 radical (unpaired) electrons. The molecule has 84 valence electrons. The Hall–Kier alpha value is -0.360. The van der Waals surface area contributed by atoms with E-state index in [0.717, 1.165) is 18.8 Å². The van der Waals surface area contributed by atoms with Gasteiger partial charge in [0.1, 0.15) is 0 Å². The highest BCUT2D eigenvalue weighted by atomic mass is 127. The van der Waals surface area contributed by atoms with E-state index in [2.05, 4.69) is 32.9 Å². The molecule has 1 rings (SSSR count). The second kappa shape index (κ2) is 7.87. The number of nitrogens with zero attached hydrogens (tertiary/aromatic N) is 1. The van der Waals surface area contributed by atoms with E-state index in [1.807, 2.05) is 18.2 Å². The summed E-state index contributed by atoms with van der Waals surface area (Å²) in [6.45, 7) is 1.88. The van der Waals surface area contributed by atoms with E-state index in [9.17, 15) is 0 Å². The highest BCUT2D eigenvalue weighted by Crippen LogP contribution is 2.06. The lowest BCUT2D eigenvalue weighted by atomic mass is 10.3. The van der Waals surface area contributed by atoms with Crippen molar-refractivity contribution < 1.29 is 4.74 Å². The summed E-state index contributed by atoms with van der Waals surface area (Å²) in [6.07, 6.45) is 2.51. The Bertz CT molecular complexity index is 281. The van der Waals surface area contributed by atoms with Crippen molar-refractivity contribution in [3.8, 4) is 5.88 Å². The van der Waals surface area contributed by atoms with Crippen molar-refractivity contribution in [2.75, 3.05) is 18.1 Å². The van der Waals surface area contributed by atoms with Crippen molar-refractivity contribution in [2.24, 2.45) is 0 Å². The Morgan fingerprint density at radius 3 is 3.00 bits per heavy atom. The summed E-state index contributed by atoms with van der Waals surface area (Å²) >= 11 is 2.40. The van der Waals surface area contributed by atoms with Crippen LogP contribution in [-0.4, -0.2) is 23.1 Å². The quantitative estimate of drug-likeness (QED) is 0.476. The van der Waals surface area contributed by atoms with Gasteiger partial charge >= 0.3 is 0 Å². The summed E-state index contributed by atoms with van der Waals surface area (Å²) in [4.78, 5) is 4.32. The van der Waals surface area contributed by atoms with Crippen molar-refractivity contribution in [1.82, 2.24) is 10.3 Å². The van der Waals surface area contributed by atoms with Gasteiger partial charge < -0.3 is 10.1 Å². The van der Waals surface area contributed by atoms with Crippen LogP contribution in [0.1, 0.15) is 18.5 Å². The molecule has 15 heavy (non-hydrogen) atoms. The Kier molecular flexibility index (Phi) is 6.67. The van der Waals surface area contributed by atoms with Crippen LogP contribution in [0.15, 0.2) is 18.2 Å². The number of hydrogen-bond acceptors (Lipinski definition) is 3. The molecule has 1 N–H and O–H groups in total. The molecular formula is C11H17IN2O. The molecule has 3 nitrogen and oxygen atoms in total. The second-order valence-corrected chi connectivity index (χ2v) is 4.32. The molecule has 0 saturated heterocycles. The van der Waals surface area contributed by atoms with Crippen LogP contribution >= 0.6 is 22.6 Å². The minimum atomic E-state index is 0.682. The van der Waals surface area contributed by atoms with Gasteiger partial charge in [-0.05, 0) is 29.9 Å². The van der Waals surface area contributed by atoms with Gasteiger partial charge in [-0.25, -0.2) is 4.98 Å². The van der Waals surface area contributed by atoms with Gasteiger partial charge in [-0.2, -0.15) is 0 Å². The highest BCUT2D eigenvalue weighted by Gasteiger charge is 1.96. The number of methoxy groups -OCH3 is 1. The molecule has 0 aliphatic rings. The number of halogens is 1. The van der Waals surface area contributed by atoms with Crippen LogP contribution in [0.2, 0.25) is 0 Å². The number of pyridine rings is 1. The monoisotopic (exact) mass is 320 g/mol. The van der Waals surface area contributed by atoms with Gasteiger partial charge in [-0.1, -0.05) is 28.7 Å². The lowest BCUT2D eigenvalue weighted by molar-refractivity contribution is 0.395. The lowest BCUT2D eigenvalue weighted by Gasteiger charge is -2.05. The minimum absolute atomic E-state index is 0.682. The van der Waals surface area contributed by atoms with Crippen LogP contribution in [0.3, 0.4) is 0 Å². The van der Waals surface area contributed by atoms with Crippen LogP contribution in [0.25, 0.3) is 0 Å². The molecule has 1 aromatic heterocycles. The standard InChI is InChI=1S/C11H17IN2O/c1-15-11-6-4-5-10(14-11)9-13-8-3-2-7-12/h4-6,13H,2-3,7-9H2,1H3. The van der Waals surface area contributed by atoms with Gasteiger partial charge in [0.2, 0.25) is 5.88 Å². The molecule has 4 heteroatoms. The highest BCUT2D eigenvalue weighted by molar-refractivity contribution is 14.1. The summed E-state index contributed by atoms with van der Waals surface area (Å²) < 4.78 is 6.29. The number of aromatic nitrogens is 1. The maximum Gasteiger partial charge on any atom is 0.213 e. The average Bonchev–Trinajstić information content (AvgIpc) is 2.29. The van der Waals surface area contributed by atoms with Crippen LogP contribution in [0.4, 0.5) is 0 Å². The predicted octanol–water partition coefficient (Wildman–Crippen LogP) is 2.40. The van der Waals surface area contributed by atoms with E-state index in [4.69, 9.17) is 4.74 Å². The summed E-state index contributed by atoms with van der Waals surface area (Å²) in [5, 5.41) is 3.37. The number of nitrogens with one attached hydrogen (secondary N) is 1. The van der Waals surface area contributed by atoms with Crippen molar-refractivity contribution >= 4 is 22.6 Å². The lowest BCUT2D eigenvalue weighted by Crippen LogP contribution is -2.15. The summed E-state index contributed by atoms with van der Waals surface area (Å²) in [5.41, 5.74) is 1.03. The van der Waals surface area contributed by atoms with E-state index in [1.54, 1.807) is 7.11 Å². The Morgan fingerprint density at radius 1 is 1.40 bits per heavy atom. The topological polar surface area (TPSA) is 34.1 Å². The predicted molar refractivity (Wildman–Crippen MR) is 70.6 cm³/mol. The molecular weight excluding hydrogens is 303 g/mol. The molecule has 0 unspecified atom stereocenters. The minimum Gasteiger partial charge on any atom is -0.481 e. The molecule has 0 amide bonds. The largest absolute Gasteiger partial charge is 0.481 e. The molecule has 0 bridgehead atoms. The Labute approximate surface area is 105 Å². The maximum absolute atomic E-state index is 5.06. The van der Waals surface area contributed by atoms with Gasteiger partial charge in [-0.3, -0.25) is 0 Å². The molecule has 0 atom stereocenters. The number of ether oxygens (including phenoxy) is 1. The maximum atomic E-state index is 5.06. The normalized spacial score (nSPS) is 10.3. The molecule has 0 fully saturated rings. The third kappa shape index (κ3) is 5.32. The van der Waals surface area contributed by atoms with E-state index in [-0.39, 0.29) is 0 Å². The van der Waals surface area contributed by atoms with Crippen molar-refractivity contribution in [3.63, 3.8) is 0 Å². The van der Waals surface area contributed by atoms with Gasteiger partial charge in [0.15, 0.2) is 0 Å². The number of unbranched alkanes of at least 4 members (excludes halogenated alkanes) is 1.